The maximum absolute atomic E-state index is 9.99. The van der Waals surface area contributed by atoms with E-state index < -0.39 is 0 Å². The average molecular weight is 294 g/mol. The third-order valence-electron chi connectivity index (χ3n) is 4.07. The highest BCUT2D eigenvalue weighted by molar-refractivity contribution is 5.85. The van der Waals surface area contributed by atoms with Crippen molar-refractivity contribution in [2.75, 3.05) is 13.2 Å². The summed E-state index contributed by atoms with van der Waals surface area (Å²) in [7, 11) is 0. The van der Waals surface area contributed by atoms with Crippen molar-refractivity contribution in [3.8, 4) is 0 Å². The molecule has 0 radical (unpaired) electrons. The van der Waals surface area contributed by atoms with Crippen LogP contribution in [0.4, 0.5) is 0 Å². The van der Waals surface area contributed by atoms with Crippen LogP contribution in [0, 0.1) is 0 Å². The molecule has 2 aromatic carbocycles. The fourth-order valence-electron chi connectivity index (χ4n) is 2.99. The molecule has 0 bridgehead atoms. The Hall–Kier alpha value is -1.13. The summed E-state index contributed by atoms with van der Waals surface area (Å²) >= 11 is 0. The SMILES string of the molecule is Cl.OCC(c1ccc2ccccc2c1)C1NCC[C@H]1O. The summed E-state index contributed by atoms with van der Waals surface area (Å²) in [5.74, 6) is -0.0536. The summed E-state index contributed by atoms with van der Waals surface area (Å²) < 4.78 is 0. The van der Waals surface area contributed by atoms with Gasteiger partial charge in [0.2, 0.25) is 0 Å². The molecule has 3 rings (SSSR count). The van der Waals surface area contributed by atoms with Gasteiger partial charge in [-0.3, -0.25) is 0 Å². The average Bonchev–Trinajstić information content (AvgIpc) is 2.86. The molecule has 0 saturated carbocycles. The summed E-state index contributed by atoms with van der Waals surface area (Å²) in [6.07, 6.45) is 0.387. The molecule has 2 unspecified atom stereocenters. The Morgan fingerprint density at radius 3 is 2.55 bits per heavy atom. The van der Waals surface area contributed by atoms with E-state index in [0.29, 0.717) is 0 Å². The molecule has 1 aliphatic heterocycles. The van der Waals surface area contributed by atoms with Gasteiger partial charge in [-0.05, 0) is 29.3 Å². The van der Waals surface area contributed by atoms with E-state index in [2.05, 4.69) is 35.6 Å². The van der Waals surface area contributed by atoms with Gasteiger partial charge in [0.05, 0.1) is 12.7 Å². The number of halogens is 1. The monoisotopic (exact) mass is 293 g/mol. The van der Waals surface area contributed by atoms with Crippen molar-refractivity contribution in [2.45, 2.75) is 24.5 Å². The van der Waals surface area contributed by atoms with E-state index in [1.165, 1.54) is 10.8 Å². The lowest BCUT2D eigenvalue weighted by molar-refractivity contribution is 0.127. The minimum Gasteiger partial charge on any atom is -0.396 e. The Kier molecular flexibility index (Phi) is 5.00. The van der Waals surface area contributed by atoms with Gasteiger partial charge in [0, 0.05) is 12.0 Å². The fourth-order valence-corrected chi connectivity index (χ4v) is 2.99. The Bertz CT molecular complexity index is 575. The first-order chi connectivity index (χ1) is 9.29. The molecule has 4 heteroatoms. The van der Waals surface area contributed by atoms with Gasteiger partial charge in [0.25, 0.3) is 0 Å². The van der Waals surface area contributed by atoms with Crippen molar-refractivity contribution >= 4 is 23.2 Å². The molecule has 1 aliphatic rings. The van der Waals surface area contributed by atoms with Crippen LogP contribution in [0.3, 0.4) is 0 Å². The molecule has 108 valence electrons. The van der Waals surface area contributed by atoms with Crippen molar-refractivity contribution in [1.29, 1.82) is 0 Å². The van der Waals surface area contributed by atoms with Gasteiger partial charge in [-0.15, -0.1) is 12.4 Å². The molecular formula is C16H20ClNO2. The summed E-state index contributed by atoms with van der Waals surface area (Å²) in [5.41, 5.74) is 1.08. The van der Waals surface area contributed by atoms with Gasteiger partial charge in [-0.1, -0.05) is 42.5 Å². The molecule has 1 fully saturated rings. The van der Waals surface area contributed by atoms with E-state index in [1.807, 2.05) is 12.1 Å². The van der Waals surface area contributed by atoms with Crippen molar-refractivity contribution in [1.82, 2.24) is 5.32 Å². The molecule has 3 N–H and O–H groups in total. The molecule has 3 nitrogen and oxygen atoms in total. The van der Waals surface area contributed by atoms with Crippen LogP contribution in [-0.4, -0.2) is 35.5 Å². The van der Waals surface area contributed by atoms with Crippen LogP contribution in [0.5, 0.6) is 0 Å². The standard InChI is InChI=1S/C16H19NO2.ClH/c18-10-14(16-15(19)7-8-17-16)13-6-5-11-3-1-2-4-12(11)9-13;/h1-6,9,14-19H,7-8,10H2;1H/t14?,15-,16?;/m1./s1. The molecule has 1 heterocycles. The highest BCUT2D eigenvalue weighted by atomic mass is 35.5. The second kappa shape index (κ2) is 6.55. The Morgan fingerprint density at radius 1 is 1.15 bits per heavy atom. The second-order valence-corrected chi connectivity index (χ2v) is 5.23. The number of aliphatic hydroxyl groups excluding tert-OH is 2. The van der Waals surface area contributed by atoms with Crippen LogP contribution in [0.1, 0.15) is 17.9 Å². The largest absolute Gasteiger partial charge is 0.396 e. The number of nitrogens with one attached hydrogen (secondary N) is 1. The maximum atomic E-state index is 9.99. The molecule has 2 aromatic rings. The normalized spacial score (nSPS) is 23.5. The molecule has 0 spiro atoms. The summed E-state index contributed by atoms with van der Waals surface area (Å²) in [5, 5.41) is 25.3. The van der Waals surface area contributed by atoms with E-state index in [0.717, 1.165) is 18.5 Å². The minimum absolute atomic E-state index is 0. The molecule has 20 heavy (non-hydrogen) atoms. The lowest BCUT2D eigenvalue weighted by atomic mass is 9.88. The van der Waals surface area contributed by atoms with Crippen LogP contribution < -0.4 is 5.32 Å². The van der Waals surface area contributed by atoms with Gasteiger partial charge >= 0.3 is 0 Å². The predicted octanol–water partition coefficient (Wildman–Crippen LogP) is 2.06. The van der Waals surface area contributed by atoms with Crippen molar-refractivity contribution in [3.63, 3.8) is 0 Å². The van der Waals surface area contributed by atoms with E-state index >= 15 is 0 Å². The summed E-state index contributed by atoms with van der Waals surface area (Å²) in [6.45, 7) is 0.864. The number of hydrogen-bond donors (Lipinski definition) is 3. The number of hydrogen-bond acceptors (Lipinski definition) is 3. The third-order valence-corrected chi connectivity index (χ3v) is 4.07. The smallest absolute Gasteiger partial charge is 0.0712 e. The minimum atomic E-state index is -0.372. The summed E-state index contributed by atoms with van der Waals surface area (Å²) in [4.78, 5) is 0. The molecule has 0 amide bonds. The Morgan fingerprint density at radius 2 is 1.90 bits per heavy atom. The highest BCUT2D eigenvalue weighted by Crippen LogP contribution is 2.28. The van der Waals surface area contributed by atoms with Crippen LogP contribution in [0.2, 0.25) is 0 Å². The molecule has 3 atom stereocenters. The highest BCUT2D eigenvalue weighted by Gasteiger charge is 2.32. The van der Waals surface area contributed by atoms with Crippen LogP contribution in [-0.2, 0) is 0 Å². The fraction of sp³-hybridized carbons (Fsp3) is 0.375. The Labute approximate surface area is 125 Å². The van der Waals surface area contributed by atoms with Crippen LogP contribution >= 0.6 is 12.4 Å². The number of fused-ring (bicyclic) bond motifs is 1. The molecule has 1 saturated heterocycles. The van der Waals surface area contributed by atoms with E-state index in [4.69, 9.17) is 0 Å². The first-order valence-corrected chi connectivity index (χ1v) is 6.80. The van der Waals surface area contributed by atoms with Crippen molar-refractivity contribution in [2.24, 2.45) is 0 Å². The zero-order chi connectivity index (χ0) is 13.2. The van der Waals surface area contributed by atoms with Gasteiger partial charge in [-0.2, -0.15) is 0 Å². The summed E-state index contributed by atoms with van der Waals surface area (Å²) in [6, 6.07) is 14.4. The predicted molar refractivity (Wildman–Crippen MR) is 83.4 cm³/mol. The molecule has 0 aromatic heterocycles. The van der Waals surface area contributed by atoms with Crippen LogP contribution in [0.15, 0.2) is 42.5 Å². The number of rotatable bonds is 3. The zero-order valence-electron chi connectivity index (χ0n) is 11.2. The van der Waals surface area contributed by atoms with Crippen LogP contribution in [0.25, 0.3) is 10.8 Å². The van der Waals surface area contributed by atoms with E-state index in [1.54, 1.807) is 0 Å². The van der Waals surface area contributed by atoms with Gasteiger partial charge in [0.1, 0.15) is 0 Å². The van der Waals surface area contributed by atoms with Gasteiger partial charge < -0.3 is 15.5 Å². The topological polar surface area (TPSA) is 52.5 Å². The lowest BCUT2D eigenvalue weighted by Crippen LogP contribution is -2.38. The maximum Gasteiger partial charge on any atom is 0.0712 e. The van der Waals surface area contributed by atoms with E-state index in [9.17, 15) is 10.2 Å². The zero-order valence-corrected chi connectivity index (χ0v) is 12.0. The third kappa shape index (κ3) is 2.81. The number of benzene rings is 2. The number of aliphatic hydroxyl groups is 2. The quantitative estimate of drug-likeness (QED) is 0.812. The van der Waals surface area contributed by atoms with E-state index in [-0.39, 0.29) is 37.1 Å². The van der Waals surface area contributed by atoms with Gasteiger partial charge in [0.15, 0.2) is 0 Å². The Balaban J connectivity index is 0.00000147. The lowest BCUT2D eigenvalue weighted by Gasteiger charge is -2.25. The van der Waals surface area contributed by atoms with Crippen molar-refractivity contribution < 1.29 is 10.2 Å². The molecule has 0 aliphatic carbocycles. The first-order valence-electron chi connectivity index (χ1n) is 6.80. The van der Waals surface area contributed by atoms with Crippen molar-refractivity contribution in [3.05, 3.63) is 48.0 Å². The first kappa shape index (κ1) is 15.3. The van der Waals surface area contributed by atoms with Gasteiger partial charge in [-0.25, -0.2) is 0 Å². The molecular weight excluding hydrogens is 274 g/mol. The second-order valence-electron chi connectivity index (χ2n) is 5.23.